The zero-order valence-corrected chi connectivity index (χ0v) is 15.6. The molecule has 142 valence electrons. The lowest BCUT2D eigenvalue weighted by Crippen LogP contribution is -2.57. The first kappa shape index (κ1) is 21.6. The van der Waals surface area contributed by atoms with Crippen LogP contribution in [0.5, 0.6) is 0 Å². The van der Waals surface area contributed by atoms with Crippen LogP contribution in [0, 0.1) is 0 Å². The molecule has 0 aliphatic carbocycles. The summed E-state index contributed by atoms with van der Waals surface area (Å²) in [4.78, 5) is 47.2. The van der Waals surface area contributed by atoms with E-state index in [-0.39, 0.29) is 23.5 Å². The van der Waals surface area contributed by atoms with Gasteiger partial charge in [-0.15, -0.1) is 0 Å². The van der Waals surface area contributed by atoms with Gasteiger partial charge in [-0.05, 0) is 26.3 Å². The van der Waals surface area contributed by atoms with Crippen molar-refractivity contribution in [3.8, 4) is 0 Å². The SMILES string of the molecule is CC(NC(=O)C1CCCN1)C(=O)NC(CS)C(=O)NC(CS)C(=O)O. The van der Waals surface area contributed by atoms with Gasteiger partial charge in [-0.1, -0.05) is 0 Å². The van der Waals surface area contributed by atoms with Gasteiger partial charge >= 0.3 is 5.97 Å². The van der Waals surface area contributed by atoms with E-state index in [0.29, 0.717) is 6.42 Å². The Morgan fingerprint density at radius 2 is 1.68 bits per heavy atom. The number of rotatable bonds is 9. The second kappa shape index (κ2) is 10.5. The summed E-state index contributed by atoms with van der Waals surface area (Å²) in [5, 5.41) is 19.3. The number of hydrogen-bond acceptors (Lipinski definition) is 7. The highest BCUT2D eigenvalue weighted by Gasteiger charge is 2.28. The van der Waals surface area contributed by atoms with Crippen LogP contribution in [0.4, 0.5) is 0 Å². The van der Waals surface area contributed by atoms with E-state index in [4.69, 9.17) is 5.11 Å². The first-order valence-electron chi connectivity index (χ1n) is 7.89. The van der Waals surface area contributed by atoms with Crippen molar-refractivity contribution in [1.29, 1.82) is 0 Å². The van der Waals surface area contributed by atoms with E-state index in [1.54, 1.807) is 0 Å². The van der Waals surface area contributed by atoms with E-state index >= 15 is 0 Å². The molecule has 25 heavy (non-hydrogen) atoms. The normalized spacial score (nSPS) is 20.2. The van der Waals surface area contributed by atoms with Crippen molar-refractivity contribution in [1.82, 2.24) is 21.3 Å². The Morgan fingerprint density at radius 1 is 1.08 bits per heavy atom. The number of thiol groups is 2. The summed E-state index contributed by atoms with van der Waals surface area (Å²) in [7, 11) is 0. The highest BCUT2D eigenvalue weighted by molar-refractivity contribution is 7.80. The largest absolute Gasteiger partial charge is 0.480 e. The first-order valence-corrected chi connectivity index (χ1v) is 9.15. The number of carboxylic acids is 1. The number of carbonyl (C=O) groups excluding carboxylic acids is 3. The molecule has 0 aromatic heterocycles. The fourth-order valence-corrected chi connectivity index (χ4v) is 2.74. The molecule has 0 saturated carbocycles. The van der Waals surface area contributed by atoms with Crippen LogP contribution < -0.4 is 21.3 Å². The van der Waals surface area contributed by atoms with Crippen LogP contribution in [0.15, 0.2) is 0 Å². The number of aliphatic carboxylic acids is 1. The fourth-order valence-electron chi connectivity index (χ4n) is 2.24. The molecule has 0 spiro atoms. The standard InChI is InChI=1S/C14H24N4O5S2/c1-7(16-12(20)8-3-2-4-15-8)11(19)17-9(5-24)13(21)18-10(6-25)14(22)23/h7-10,15,24-25H,2-6H2,1H3,(H,16,20)(H,17,19)(H,18,21)(H,22,23). The van der Waals surface area contributed by atoms with Crippen LogP contribution in [0.2, 0.25) is 0 Å². The van der Waals surface area contributed by atoms with Gasteiger partial charge in [-0.25, -0.2) is 4.79 Å². The van der Waals surface area contributed by atoms with Crippen molar-refractivity contribution in [2.24, 2.45) is 0 Å². The summed E-state index contributed by atoms with van der Waals surface area (Å²) in [5.41, 5.74) is 0. The maximum Gasteiger partial charge on any atom is 0.327 e. The zero-order valence-electron chi connectivity index (χ0n) is 13.8. The Labute approximate surface area is 156 Å². The molecule has 11 heteroatoms. The molecule has 1 aliphatic heterocycles. The van der Waals surface area contributed by atoms with E-state index in [9.17, 15) is 19.2 Å². The molecule has 1 rings (SSSR count). The Kier molecular flexibility index (Phi) is 9.08. The third kappa shape index (κ3) is 6.75. The van der Waals surface area contributed by atoms with Gasteiger partial charge < -0.3 is 26.4 Å². The lowest BCUT2D eigenvalue weighted by molar-refractivity contribution is -0.141. The molecule has 3 amide bonds. The highest BCUT2D eigenvalue weighted by atomic mass is 32.1. The molecule has 0 bridgehead atoms. The molecule has 4 atom stereocenters. The van der Waals surface area contributed by atoms with E-state index in [0.717, 1.165) is 13.0 Å². The first-order chi connectivity index (χ1) is 11.8. The fraction of sp³-hybridized carbons (Fsp3) is 0.714. The van der Waals surface area contributed by atoms with E-state index in [1.165, 1.54) is 6.92 Å². The average Bonchev–Trinajstić information content (AvgIpc) is 3.11. The van der Waals surface area contributed by atoms with Crippen LogP contribution >= 0.6 is 25.3 Å². The van der Waals surface area contributed by atoms with Gasteiger partial charge in [0.2, 0.25) is 17.7 Å². The Hall–Kier alpha value is -1.46. The molecule has 1 aliphatic rings. The summed E-state index contributed by atoms with van der Waals surface area (Å²) >= 11 is 7.86. The maximum atomic E-state index is 12.2. The average molecular weight is 393 g/mol. The van der Waals surface area contributed by atoms with Crippen LogP contribution in [-0.4, -0.2) is 71.0 Å². The summed E-state index contributed by atoms with van der Waals surface area (Å²) in [6.07, 6.45) is 1.61. The molecule has 0 aromatic carbocycles. The maximum absolute atomic E-state index is 12.2. The van der Waals surface area contributed by atoms with E-state index in [2.05, 4.69) is 46.5 Å². The molecular weight excluding hydrogens is 368 g/mol. The van der Waals surface area contributed by atoms with Crippen molar-refractivity contribution in [2.45, 2.75) is 43.9 Å². The van der Waals surface area contributed by atoms with Crippen molar-refractivity contribution < 1.29 is 24.3 Å². The molecule has 5 N–H and O–H groups in total. The van der Waals surface area contributed by atoms with Gasteiger partial charge in [0.1, 0.15) is 18.1 Å². The summed E-state index contributed by atoms with van der Waals surface area (Å²) in [6, 6.07) is -3.35. The van der Waals surface area contributed by atoms with Gasteiger partial charge in [-0.2, -0.15) is 25.3 Å². The highest BCUT2D eigenvalue weighted by Crippen LogP contribution is 2.05. The lowest BCUT2D eigenvalue weighted by Gasteiger charge is -2.22. The minimum atomic E-state index is -1.22. The van der Waals surface area contributed by atoms with Crippen LogP contribution in [-0.2, 0) is 19.2 Å². The number of carbonyl (C=O) groups is 4. The topological polar surface area (TPSA) is 137 Å². The van der Waals surface area contributed by atoms with Crippen molar-refractivity contribution in [2.75, 3.05) is 18.1 Å². The van der Waals surface area contributed by atoms with Gasteiger partial charge in [0.15, 0.2) is 0 Å². The smallest absolute Gasteiger partial charge is 0.327 e. The van der Waals surface area contributed by atoms with E-state index in [1.807, 2.05) is 0 Å². The van der Waals surface area contributed by atoms with E-state index < -0.39 is 35.9 Å². The summed E-state index contributed by atoms with van der Waals surface area (Å²) in [5.74, 6) is -2.85. The predicted octanol–water partition coefficient (Wildman–Crippen LogP) is -1.84. The van der Waals surface area contributed by atoms with Crippen molar-refractivity contribution in [3.63, 3.8) is 0 Å². The van der Waals surface area contributed by atoms with Gasteiger partial charge in [0.25, 0.3) is 0 Å². The molecule has 1 saturated heterocycles. The molecule has 1 fully saturated rings. The Morgan fingerprint density at radius 3 is 2.16 bits per heavy atom. The number of nitrogens with one attached hydrogen (secondary N) is 4. The molecule has 4 unspecified atom stereocenters. The molecule has 0 aromatic rings. The predicted molar refractivity (Wildman–Crippen MR) is 97.8 cm³/mol. The lowest BCUT2D eigenvalue weighted by atomic mass is 10.2. The summed E-state index contributed by atoms with van der Waals surface area (Å²) < 4.78 is 0. The number of hydrogen-bond donors (Lipinski definition) is 7. The minimum Gasteiger partial charge on any atom is -0.480 e. The monoisotopic (exact) mass is 392 g/mol. The molecule has 1 heterocycles. The number of amides is 3. The Balaban J connectivity index is 2.54. The molecule has 9 nitrogen and oxygen atoms in total. The molecular formula is C14H24N4O5S2. The second-order valence-corrected chi connectivity index (χ2v) is 6.44. The zero-order chi connectivity index (χ0) is 19.0. The van der Waals surface area contributed by atoms with Crippen LogP contribution in [0.25, 0.3) is 0 Å². The van der Waals surface area contributed by atoms with Crippen LogP contribution in [0.1, 0.15) is 19.8 Å². The summed E-state index contributed by atoms with van der Waals surface area (Å²) in [6.45, 7) is 2.26. The third-order valence-corrected chi connectivity index (χ3v) is 4.47. The van der Waals surface area contributed by atoms with Gasteiger partial charge in [-0.3, -0.25) is 14.4 Å². The van der Waals surface area contributed by atoms with Gasteiger partial charge in [0.05, 0.1) is 6.04 Å². The van der Waals surface area contributed by atoms with Crippen molar-refractivity contribution in [3.05, 3.63) is 0 Å². The number of carboxylic acid groups (broad SMARTS) is 1. The third-order valence-electron chi connectivity index (χ3n) is 3.74. The quantitative estimate of drug-likeness (QED) is 0.230. The second-order valence-electron chi connectivity index (χ2n) is 5.70. The van der Waals surface area contributed by atoms with Gasteiger partial charge in [0, 0.05) is 11.5 Å². The van der Waals surface area contributed by atoms with Crippen LogP contribution in [0.3, 0.4) is 0 Å². The molecule has 0 radical (unpaired) electrons. The van der Waals surface area contributed by atoms with Crippen molar-refractivity contribution >= 4 is 48.9 Å². The minimum absolute atomic E-state index is 0.0265. The Bertz CT molecular complexity index is 513.